The minimum Gasteiger partial charge on any atom is -0.353 e. The molecule has 1 aromatic heterocycles. The number of aromatic nitrogens is 1. The number of hydrogen-bond donors (Lipinski definition) is 1. The second kappa shape index (κ2) is 6.06. The Balaban J connectivity index is 1.44. The van der Waals surface area contributed by atoms with E-state index in [1.165, 1.54) is 25.7 Å². The van der Waals surface area contributed by atoms with E-state index in [0.717, 1.165) is 21.9 Å². The predicted octanol–water partition coefficient (Wildman–Crippen LogP) is 3.48. The fraction of sp³-hybridized carbons (Fsp3) is 0.733. The van der Waals surface area contributed by atoms with Gasteiger partial charge in [-0.25, -0.2) is 4.98 Å². The highest BCUT2D eigenvalue weighted by Crippen LogP contribution is 2.49. The van der Waals surface area contributed by atoms with Gasteiger partial charge in [-0.1, -0.05) is 18.2 Å². The SMILES string of the molecule is Cc1csc(SCC(=O)N[C@@H](C)[C@H]2C[C@@H]3CC[C@@H]2C3)n1. The van der Waals surface area contributed by atoms with Gasteiger partial charge in [0.25, 0.3) is 0 Å². The van der Waals surface area contributed by atoms with Crippen LogP contribution in [-0.4, -0.2) is 22.7 Å². The van der Waals surface area contributed by atoms with E-state index in [9.17, 15) is 4.79 Å². The van der Waals surface area contributed by atoms with Gasteiger partial charge in [0.2, 0.25) is 5.91 Å². The maximum absolute atomic E-state index is 12.0. The molecule has 3 nitrogen and oxygen atoms in total. The zero-order chi connectivity index (χ0) is 14.1. The summed E-state index contributed by atoms with van der Waals surface area (Å²) >= 11 is 3.16. The highest BCUT2D eigenvalue weighted by molar-refractivity contribution is 8.01. The van der Waals surface area contributed by atoms with Crippen molar-refractivity contribution >= 4 is 29.0 Å². The summed E-state index contributed by atoms with van der Waals surface area (Å²) in [7, 11) is 0. The number of fused-ring (bicyclic) bond motifs is 2. The molecule has 2 saturated carbocycles. The van der Waals surface area contributed by atoms with Crippen molar-refractivity contribution in [1.29, 1.82) is 0 Å². The predicted molar refractivity (Wildman–Crippen MR) is 84.1 cm³/mol. The molecule has 0 unspecified atom stereocenters. The minimum atomic E-state index is 0.151. The molecule has 5 heteroatoms. The van der Waals surface area contributed by atoms with Crippen molar-refractivity contribution in [3.05, 3.63) is 11.1 Å². The van der Waals surface area contributed by atoms with Crippen LogP contribution in [0, 0.1) is 24.7 Å². The molecule has 4 atom stereocenters. The molecule has 0 aliphatic heterocycles. The van der Waals surface area contributed by atoms with E-state index in [4.69, 9.17) is 0 Å². The second-order valence-electron chi connectivity index (χ2n) is 6.24. The highest BCUT2D eigenvalue weighted by Gasteiger charge is 2.42. The molecule has 0 radical (unpaired) electrons. The number of nitrogens with one attached hydrogen (secondary N) is 1. The molecule has 1 heterocycles. The Kier molecular flexibility index (Phi) is 4.36. The van der Waals surface area contributed by atoms with Crippen molar-refractivity contribution in [2.24, 2.45) is 17.8 Å². The Morgan fingerprint density at radius 1 is 1.55 bits per heavy atom. The van der Waals surface area contributed by atoms with Crippen molar-refractivity contribution in [1.82, 2.24) is 10.3 Å². The Labute approximate surface area is 128 Å². The van der Waals surface area contributed by atoms with Crippen LogP contribution in [0.4, 0.5) is 0 Å². The van der Waals surface area contributed by atoms with E-state index in [1.54, 1.807) is 23.1 Å². The number of thiazole rings is 1. The van der Waals surface area contributed by atoms with Crippen molar-refractivity contribution in [3.63, 3.8) is 0 Å². The molecule has 0 spiro atoms. The monoisotopic (exact) mass is 310 g/mol. The number of thioether (sulfide) groups is 1. The average Bonchev–Trinajstić information content (AvgIpc) is 3.12. The summed E-state index contributed by atoms with van der Waals surface area (Å²) < 4.78 is 0.991. The van der Waals surface area contributed by atoms with Gasteiger partial charge in [0.1, 0.15) is 0 Å². The van der Waals surface area contributed by atoms with Gasteiger partial charge in [-0.2, -0.15) is 0 Å². The maximum atomic E-state index is 12.0. The number of carbonyl (C=O) groups excluding carboxylic acids is 1. The first-order chi connectivity index (χ1) is 9.61. The number of carbonyl (C=O) groups is 1. The van der Waals surface area contributed by atoms with Gasteiger partial charge < -0.3 is 5.32 Å². The van der Waals surface area contributed by atoms with Crippen molar-refractivity contribution in [2.45, 2.75) is 49.9 Å². The molecular formula is C15H22N2OS2. The molecule has 1 N–H and O–H groups in total. The molecule has 2 aliphatic rings. The first-order valence-electron chi connectivity index (χ1n) is 7.46. The highest BCUT2D eigenvalue weighted by atomic mass is 32.2. The van der Waals surface area contributed by atoms with Gasteiger partial charge in [0, 0.05) is 17.1 Å². The molecule has 0 aromatic carbocycles. The Hall–Kier alpha value is -0.550. The summed E-state index contributed by atoms with van der Waals surface area (Å²) in [6.07, 6.45) is 5.52. The van der Waals surface area contributed by atoms with Crippen LogP contribution in [0.2, 0.25) is 0 Å². The molecule has 20 heavy (non-hydrogen) atoms. The lowest BCUT2D eigenvalue weighted by molar-refractivity contribution is -0.119. The van der Waals surface area contributed by atoms with Crippen LogP contribution in [0.15, 0.2) is 9.72 Å². The van der Waals surface area contributed by atoms with E-state index < -0.39 is 0 Å². The smallest absolute Gasteiger partial charge is 0.230 e. The molecule has 0 saturated heterocycles. The van der Waals surface area contributed by atoms with E-state index in [0.29, 0.717) is 17.7 Å². The van der Waals surface area contributed by atoms with Gasteiger partial charge in [-0.3, -0.25) is 4.79 Å². The van der Waals surface area contributed by atoms with E-state index >= 15 is 0 Å². The Morgan fingerprint density at radius 3 is 3.00 bits per heavy atom. The third-order valence-corrected chi connectivity index (χ3v) is 6.89. The average molecular weight is 310 g/mol. The Bertz CT molecular complexity index is 488. The summed E-state index contributed by atoms with van der Waals surface area (Å²) in [5.74, 6) is 3.16. The van der Waals surface area contributed by atoms with Crippen LogP contribution in [0.1, 0.15) is 38.3 Å². The van der Waals surface area contributed by atoms with E-state index in [1.807, 2.05) is 12.3 Å². The number of rotatable bonds is 5. The summed E-state index contributed by atoms with van der Waals surface area (Å²) in [5, 5.41) is 5.23. The molecule has 2 aliphatic carbocycles. The van der Waals surface area contributed by atoms with Gasteiger partial charge in [0.15, 0.2) is 4.34 Å². The van der Waals surface area contributed by atoms with E-state index in [2.05, 4.69) is 17.2 Å². The normalized spacial score (nSPS) is 29.6. The Morgan fingerprint density at radius 2 is 2.40 bits per heavy atom. The van der Waals surface area contributed by atoms with Crippen molar-refractivity contribution in [2.75, 3.05) is 5.75 Å². The summed E-state index contributed by atoms with van der Waals surface area (Å²) in [6.45, 7) is 4.17. The van der Waals surface area contributed by atoms with Crippen LogP contribution in [0.5, 0.6) is 0 Å². The number of hydrogen-bond acceptors (Lipinski definition) is 4. The third-order valence-electron chi connectivity index (χ3n) is 4.75. The zero-order valence-electron chi connectivity index (χ0n) is 12.1. The van der Waals surface area contributed by atoms with Crippen LogP contribution in [0.25, 0.3) is 0 Å². The summed E-state index contributed by atoms with van der Waals surface area (Å²) in [6, 6.07) is 0.330. The number of nitrogens with zero attached hydrogens (tertiary/aromatic N) is 1. The lowest BCUT2D eigenvalue weighted by Gasteiger charge is -2.28. The van der Waals surface area contributed by atoms with Crippen LogP contribution in [0.3, 0.4) is 0 Å². The quantitative estimate of drug-likeness (QED) is 0.847. The molecule has 1 aromatic rings. The fourth-order valence-electron chi connectivity index (χ4n) is 3.83. The number of aryl methyl sites for hydroxylation is 1. The lowest BCUT2D eigenvalue weighted by Crippen LogP contribution is -2.40. The van der Waals surface area contributed by atoms with Crippen LogP contribution in [-0.2, 0) is 4.79 Å². The molecule has 3 rings (SSSR count). The first kappa shape index (κ1) is 14.4. The molecule has 110 valence electrons. The molecule has 2 fully saturated rings. The van der Waals surface area contributed by atoms with Gasteiger partial charge >= 0.3 is 0 Å². The van der Waals surface area contributed by atoms with Crippen LogP contribution < -0.4 is 5.32 Å². The van der Waals surface area contributed by atoms with Gasteiger partial charge in [0.05, 0.1) is 5.75 Å². The number of amides is 1. The van der Waals surface area contributed by atoms with Crippen molar-refractivity contribution in [3.8, 4) is 0 Å². The van der Waals surface area contributed by atoms with Crippen LogP contribution >= 0.6 is 23.1 Å². The summed E-state index contributed by atoms with van der Waals surface area (Å²) in [4.78, 5) is 16.4. The lowest BCUT2D eigenvalue weighted by atomic mass is 9.84. The summed E-state index contributed by atoms with van der Waals surface area (Å²) in [5.41, 5.74) is 1.04. The fourth-order valence-corrected chi connectivity index (χ4v) is 5.50. The van der Waals surface area contributed by atoms with Gasteiger partial charge in [-0.05, 0) is 50.9 Å². The van der Waals surface area contributed by atoms with E-state index in [-0.39, 0.29) is 5.91 Å². The second-order valence-corrected chi connectivity index (χ2v) is 8.32. The van der Waals surface area contributed by atoms with Crippen molar-refractivity contribution < 1.29 is 4.79 Å². The molecule has 2 bridgehead atoms. The minimum absolute atomic E-state index is 0.151. The standard InChI is InChI=1S/C15H22N2OS2/c1-9-7-19-15(16-9)20-8-14(18)17-10(2)13-6-11-3-4-12(13)5-11/h7,10-13H,3-6,8H2,1-2H3,(H,17,18)/t10-,11+,12+,13+/m0/s1. The third kappa shape index (κ3) is 3.19. The molecule has 1 amide bonds. The molecular weight excluding hydrogens is 288 g/mol. The topological polar surface area (TPSA) is 42.0 Å². The first-order valence-corrected chi connectivity index (χ1v) is 9.32. The largest absolute Gasteiger partial charge is 0.353 e. The maximum Gasteiger partial charge on any atom is 0.230 e. The van der Waals surface area contributed by atoms with Gasteiger partial charge in [-0.15, -0.1) is 11.3 Å². The zero-order valence-corrected chi connectivity index (χ0v) is 13.7.